The van der Waals surface area contributed by atoms with Gasteiger partial charge in [0, 0.05) is 12.2 Å². The number of carbonyl (C=O) groups excluding carboxylic acids is 1. The van der Waals surface area contributed by atoms with Crippen LogP contribution in [0.4, 0.5) is 4.79 Å². The number of imide groups is 1. The Labute approximate surface area is 79.7 Å². The summed E-state index contributed by atoms with van der Waals surface area (Å²) in [5, 5.41) is 16.7. The number of aliphatic carboxylic acids is 1. The van der Waals surface area contributed by atoms with Gasteiger partial charge >= 0.3 is 12.1 Å². The van der Waals surface area contributed by atoms with Crippen LogP contribution >= 0.6 is 0 Å². The molecule has 0 radical (unpaired) electrons. The zero-order chi connectivity index (χ0) is 11.1. The Hall–Kier alpha value is -2.11. The summed E-state index contributed by atoms with van der Waals surface area (Å²) in [4.78, 5) is 31.9. The summed E-state index contributed by atoms with van der Waals surface area (Å²) in [5.41, 5.74) is 0. The Kier molecular flexibility index (Phi) is 4.69. The molecule has 0 aliphatic heterocycles. The summed E-state index contributed by atoms with van der Waals surface area (Å²) >= 11 is 0. The van der Waals surface area contributed by atoms with Crippen molar-refractivity contribution in [3.63, 3.8) is 0 Å². The van der Waals surface area contributed by atoms with E-state index in [1.807, 2.05) is 0 Å². The van der Waals surface area contributed by atoms with Gasteiger partial charge in [-0.2, -0.15) is 0 Å². The molecule has 0 saturated carbocycles. The summed E-state index contributed by atoms with van der Waals surface area (Å²) in [7, 11) is 0. The van der Waals surface area contributed by atoms with E-state index < -0.39 is 18.0 Å². The van der Waals surface area contributed by atoms with E-state index in [1.54, 1.807) is 0 Å². The SMILES string of the molecule is C=CCN(C(=O)O)C(=O)C=CC(=O)O. The number of amides is 2. The molecule has 0 aliphatic carbocycles. The molecule has 14 heavy (non-hydrogen) atoms. The molecular weight excluding hydrogens is 190 g/mol. The smallest absolute Gasteiger partial charge is 0.414 e. The number of hydrogen-bond donors (Lipinski definition) is 2. The molecule has 0 aliphatic rings. The first-order valence-corrected chi connectivity index (χ1v) is 3.55. The van der Waals surface area contributed by atoms with Crippen molar-refractivity contribution in [2.45, 2.75) is 0 Å². The number of rotatable bonds is 4. The predicted molar refractivity (Wildman–Crippen MR) is 46.7 cm³/mol. The Morgan fingerprint density at radius 2 is 1.79 bits per heavy atom. The minimum atomic E-state index is -1.45. The molecule has 0 bridgehead atoms. The molecule has 0 aromatic carbocycles. The van der Waals surface area contributed by atoms with Crippen LogP contribution in [-0.2, 0) is 9.59 Å². The molecule has 6 heteroatoms. The van der Waals surface area contributed by atoms with Crippen molar-refractivity contribution in [3.05, 3.63) is 24.8 Å². The summed E-state index contributed by atoms with van der Waals surface area (Å²) in [6.45, 7) is 3.08. The van der Waals surface area contributed by atoms with Crippen LogP contribution < -0.4 is 0 Å². The van der Waals surface area contributed by atoms with E-state index in [2.05, 4.69) is 6.58 Å². The molecule has 0 unspecified atom stereocenters. The van der Waals surface area contributed by atoms with E-state index >= 15 is 0 Å². The van der Waals surface area contributed by atoms with Gasteiger partial charge in [-0.1, -0.05) is 6.08 Å². The lowest BCUT2D eigenvalue weighted by Crippen LogP contribution is -2.34. The third-order valence-electron chi connectivity index (χ3n) is 1.18. The summed E-state index contributed by atoms with van der Waals surface area (Å²) in [6.07, 6.45) is 1.01. The lowest BCUT2D eigenvalue weighted by molar-refractivity contribution is -0.132. The van der Waals surface area contributed by atoms with Crippen LogP contribution in [0.15, 0.2) is 24.8 Å². The molecule has 0 spiro atoms. The Morgan fingerprint density at radius 1 is 1.21 bits per heavy atom. The highest BCUT2D eigenvalue weighted by Crippen LogP contribution is 1.93. The van der Waals surface area contributed by atoms with Crippen molar-refractivity contribution in [3.8, 4) is 0 Å². The fourth-order valence-corrected chi connectivity index (χ4v) is 0.624. The molecule has 0 fully saturated rings. The lowest BCUT2D eigenvalue weighted by atomic mass is 10.4. The minimum absolute atomic E-state index is 0.182. The summed E-state index contributed by atoms with van der Waals surface area (Å²) in [5.74, 6) is -2.23. The number of carboxylic acid groups (broad SMARTS) is 2. The molecule has 2 N–H and O–H groups in total. The van der Waals surface area contributed by atoms with Gasteiger partial charge in [0.15, 0.2) is 0 Å². The van der Waals surface area contributed by atoms with E-state index in [1.165, 1.54) is 6.08 Å². The van der Waals surface area contributed by atoms with E-state index in [0.717, 1.165) is 0 Å². The fourth-order valence-electron chi connectivity index (χ4n) is 0.624. The molecular formula is C8H9NO5. The largest absolute Gasteiger partial charge is 0.478 e. The van der Waals surface area contributed by atoms with Crippen LogP contribution in [0.5, 0.6) is 0 Å². The predicted octanol–water partition coefficient (Wildman–Crippen LogP) is 0.320. The maximum Gasteiger partial charge on any atom is 0.414 e. The Bertz CT molecular complexity index is 294. The normalized spacial score (nSPS) is 9.71. The zero-order valence-corrected chi connectivity index (χ0v) is 7.21. The van der Waals surface area contributed by atoms with E-state index in [0.29, 0.717) is 17.1 Å². The van der Waals surface area contributed by atoms with Gasteiger partial charge in [0.25, 0.3) is 5.91 Å². The first kappa shape index (κ1) is 11.9. The molecule has 76 valence electrons. The molecule has 0 saturated heterocycles. The molecule has 0 aromatic heterocycles. The van der Waals surface area contributed by atoms with Crippen LogP contribution in [0.2, 0.25) is 0 Å². The number of nitrogens with zero attached hydrogens (tertiary/aromatic N) is 1. The molecule has 0 atom stereocenters. The second kappa shape index (κ2) is 5.52. The minimum Gasteiger partial charge on any atom is -0.478 e. The van der Waals surface area contributed by atoms with Gasteiger partial charge < -0.3 is 10.2 Å². The third kappa shape index (κ3) is 4.05. The van der Waals surface area contributed by atoms with E-state index in [9.17, 15) is 14.4 Å². The molecule has 2 amide bonds. The summed E-state index contributed by atoms with van der Waals surface area (Å²) < 4.78 is 0. The van der Waals surface area contributed by atoms with Crippen LogP contribution in [0, 0.1) is 0 Å². The molecule has 6 nitrogen and oxygen atoms in total. The lowest BCUT2D eigenvalue weighted by Gasteiger charge is -2.11. The maximum absolute atomic E-state index is 11.0. The van der Waals surface area contributed by atoms with Gasteiger partial charge in [0.1, 0.15) is 0 Å². The highest BCUT2D eigenvalue weighted by Gasteiger charge is 2.16. The van der Waals surface area contributed by atoms with Crippen LogP contribution in [0.3, 0.4) is 0 Å². The second-order valence-electron chi connectivity index (χ2n) is 2.19. The average molecular weight is 199 g/mol. The first-order chi connectivity index (χ1) is 6.49. The van der Waals surface area contributed by atoms with Crippen molar-refractivity contribution in [1.29, 1.82) is 0 Å². The van der Waals surface area contributed by atoms with Gasteiger partial charge in [-0.25, -0.2) is 14.5 Å². The van der Waals surface area contributed by atoms with Crippen molar-refractivity contribution in [2.24, 2.45) is 0 Å². The maximum atomic E-state index is 11.0. The first-order valence-electron chi connectivity index (χ1n) is 3.55. The van der Waals surface area contributed by atoms with Crippen LogP contribution in [0.25, 0.3) is 0 Å². The number of carboxylic acids is 1. The standard InChI is InChI=1S/C8H9NO5/c1-2-5-9(8(13)14)6(10)3-4-7(11)12/h2-4H,1,5H2,(H,11,12)(H,13,14). The van der Waals surface area contributed by atoms with Crippen LogP contribution in [-0.4, -0.2) is 39.6 Å². The highest BCUT2D eigenvalue weighted by molar-refractivity contribution is 6.00. The number of hydrogen-bond acceptors (Lipinski definition) is 3. The van der Waals surface area contributed by atoms with Crippen molar-refractivity contribution >= 4 is 18.0 Å². The molecule has 0 rings (SSSR count). The van der Waals surface area contributed by atoms with Crippen molar-refractivity contribution in [1.82, 2.24) is 4.90 Å². The fraction of sp³-hybridized carbons (Fsp3) is 0.125. The average Bonchev–Trinajstić information content (AvgIpc) is 2.09. The number of carbonyl (C=O) groups is 3. The third-order valence-corrected chi connectivity index (χ3v) is 1.18. The summed E-state index contributed by atoms with van der Waals surface area (Å²) in [6, 6.07) is 0. The van der Waals surface area contributed by atoms with Gasteiger partial charge in [-0.3, -0.25) is 4.79 Å². The monoisotopic (exact) mass is 199 g/mol. The van der Waals surface area contributed by atoms with E-state index in [-0.39, 0.29) is 6.54 Å². The van der Waals surface area contributed by atoms with E-state index in [4.69, 9.17) is 10.2 Å². The highest BCUT2D eigenvalue weighted by atomic mass is 16.4. The van der Waals surface area contributed by atoms with Crippen LogP contribution in [0.1, 0.15) is 0 Å². The van der Waals surface area contributed by atoms with Crippen molar-refractivity contribution < 1.29 is 24.6 Å². The quantitative estimate of drug-likeness (QED) is 0.502. The topological polar surface area (TPSA) is 94.9 Å². The van der Waals surface area contributed by atoms with Gasteiger partial charge in [-0.15, -0.1) is 6.58 Å². The van der Waals surface area contributed by atoms with Gasteiger partial charge in [0.05, 0.1) is 6.54 Å². The van der Waals surface area contributed by atoms with Gasteiger partial charge in [0.2, 0.25) is 0 Å². The zero-order valence-electron chi connectivity index (χ0n) is 7.21. The second-order valence-corrected chi connectivity index (χ2v) is 2.19. The van der Waals surface area contributed by atoms with Gasteiger partial charge in [-0.05, 0) is 0 Å². The molecule has 0 aromatic rings. The Morgan fingerprint density at radius 3 is 2.14 bits per heavy atom. The van der Waals surface area contributed by atoms with Crippen molar-refractivity contribution in [2.75, 3.05) is 6.54 Å². The molecule has 0 heterocycles. The Balaban J connectivity index is 4.52.